The fourth-order valence-electron chi connectivity index (χ4n) is 1.54. The lowest BCUT2D eigenvalue weighted by Crippen LogP contribution is -1.89. The Morgan fingerprint density at radius 1 is 1.42 bits per heavy atom. The lowest BCUT2D eigenvalue weighted by Gasteiger charge is -1.95. The Morgan fingerprint density at radius 2 is 2.25 bits per heavy atom. The van der Waals surface area contributed by atoms with Crippen LogP contribution < -0.4 is 0 Å². The van der Waals surface area contributed by atoms with E-state index in [1.807, 2.05) is 19.1 Å². The molecule has 12 heavy (non-hydrogen) atoms. The number of carbonyl (C=O) groups is 1. The van der Waals surface area contributed by atoms with E-state index in [4.69, 9.17) is 4.42 Å². The van der Waals surface area contributed by atoms with Crippen molar-refractivity contribution in [1.29, 1.82) is 0 Å². The number of allylic oxidation sites excluding steroid dienone is 2. The van der Waals surface area contributed by atoms with Gasteiger partial charge in [-0.05, 0) is 31.1 Å². The van der Waals surface area contributed by atoms with Gasteiger partial charge in [0, 0.05) is 12.0 Å². The molecule has 0 saturated carbocycles. The zero-order valence-electron chi connectivity index (χ0n) is 6.96. The van der Waals surface area contributed by atoms with Crippen LogP contribution >= 0.6 is 0 Å². The maximum atomic E-state index is 11.2. The molecule has 0 unspecified atom stereocenters. The van der Waals surface area contributed by atoms with E-state index in [1.54, 1.807) is 6.26 Å². The third-order valence-electron chi connectivity index (χ3n) is 2.29. The maximum Gasteiger partial charge on any atom is 0.159 e. The summed E-state index contributed by atoms with van der Waals surface area (Å²) in [7, 11) is 0. The summed E-state index contributed by atoms with van der Waals surface area (Å²) in [5.41, 5.74) is 1.94. The third-order valence-corrected chi connectivity index (χ3v) is 2.29. The summed E-state index contributed by atoms with van der Waals surface area (Å²) in [6.45, 7) is 1.87. The van der Waals surface area contributed by atoms with Gasteiger partial charge in [-0.2, -0.15) is 0 Å². The lowest BCUT2D eigenvalue weighted by molar-refractivity contribution is -0.114. The Balaban J connectivity index is 2.43. The van der Waals surface area contributed by atoms with Crippen LogP contribution in [0, 0.1) is 0 Å². The van der Waals surface area contributed by atoms with Crippen molar-refractivity contribution in [2.45, 2.75) is 19.8 Å². The van der Waals surface area contributed by atoms with Gasteiger partial charge in [0.1, 0.15) is 5.76 Å². The highest BCUT2D eigenvalue weighted by Crippen LogP contribution is 2.31. The van der Waals surface area contributed by atoms with Crippen LogP contribution in [0.2, 0.25) is 0 Å². The van der Waals surface area contributed by atoms with Crippen LogP contribution in [-0.4, -0.2) is 5.78 Å². The second-order valence-electron chi connectivity index (χ2n) is 3.00. The molecule has 0 bridgehead atoms. The van der Waals surface area contributed by atoms with Gasteiger partial charge in [0.15, 0.2) is 5.78 Å². The summed E-state index contributed by atoms with van der Waals surface area (Å²) in [6, 6.07) is 3.75. The SMILES string of the molecule is CC1=C(c2ccco2)CCC1=O. The molecule has 0 spiro atoms. The predicted molar refractivity (Wildman–Crippen MR) is 45.5 cm³/mol. The number of Topliss-reactive ketones (excluding diaryl/α,β-unsaturated/α-hetero) is 1. The summed E-state index contributed by atoms with van der Waals surface area (Å²) in [5.74, 6) is 1.10. The van der Waals surface area contributed by atoms with Gasteiger partial charge in [0.05, 0.1) is 6.26 Å². The van der Waals surface area contributed by atoms with Crippen LogP contribution in [0.1, 0.15) is 25.5 Å². The van der Waals surface area contributed by atoms with Crippen molar-refractivity contribution < 1.29 is 9.21 Å². The summed E-state index contributed by atoms with van der Waals surface area (Å²) in [4.78, 5) is 11.2. The van der Waals surface area contributed by atoms with E-state index >= 15 is 0 Å². The van der Waals surface area contributed by atoms with E-state index in [2.05, 4.69) is 0 Å². The van der Waals surface area contributed by atoms with Crippen LogP contribution in [0.3, 0.4) is 0 Å². The summed E-state index contributed by atoms with van der Waals surface area (Å²) in [6.07, 6.45) is 3.11. The van der Waals surface area contributed by atoms with Crippen molar-refractivity contribution in [3.8, 4) is 0 Å². The Labute approximate surface area is 70.9 Å². The number of ketones is 1. The van der Waals surface area contributed by atoms with Crippen molar-refractivity contribution in [3.05, 3.63) is 29.7 Å². The van der Waals surface area contributed by atoms with E-state index in [9.17, 15) is 4.79 Å². The van der Waals surface area contributed by atoms with Crippen LogP contribution in [0.5, 0.6) is 0 Å². The Kier molecular flexibility index (Phi) is 1.61. The molecule has 1 heterocycles. The molecule has 0 atom stereocenters. The van der Waals surface area contributed by atoms with E-state index < -0.39 is 0 Å². The largest absolute Gasteiger partial charge is 0.465 e. The first-order chi connectivity index (χ1) is 5.79. The van der Waals surface area contributed by atoms with Crippen molar-refractivity contribution in [2.24, 2.45) is 0 Å². The maximum absolute atomic E-state index is 11.2. The van der Waals surface area contributed by atoms with Crippen LogP contribution in [0.15, 0.2) is 28.4 Å². The second-order valence-corrected chi connectivity index (χ2v) is 3.00. The minimum Gasteiger partial charge on any atom is -0.465 e. The zero-order valence-corrected chi connectivity index (χ0v) is 6.96. The molecule has 1 aromatic rings. The molecule has 2 rings (SSSR count). The minimum atomic E-state index is 0.251. The molecule has 1 aliphatic carbocycles. The van der Waals surface area contributed by atoms with E-state index in [0.717, 1.165) is 23.3 Å². The zero-order chi connectivity index (χ0) is 8.55. The molecule has 0 saturated heterocycles. The van der Waals surface area contributed by atoms with E-state index in [1.165, 1.54) is 0 Å². The smallest absolute Gasteiger partial charge is 0.159 e. The predicted octanol–water partition coefficient (Wildman–Crippen LogP) is 2.42. The molecule has 2 heteroatoms. The molecule has 2 nitrogen and oxygen atoms in total. The summed E-state index contributed by atoms with van der Waals surface area (Å²) < 4.78 is 5.23. The normalized spacial score (nSPS) is 17.6. The topological polar surface area (TPSA) is 30.2 Å². The molecule has 62 valence electrons. The fraction of sp³-hybridized carbons (Fsp3) is 0.300. The molecule has 0 radical (unpaired) electrons. The van der Waals surface area contributed by atoms with Crippen molar-refractivity contribution in [2.75, 3.05) is 0 Å². The molecule has 1 aliphatic rings. The summed E-state index contributed by atoms with van der Waals surface area (Å²) >= 11 is 0. The van der Waals surface area contributed by atoms with Gasteiger partial charge >= 0.3 is 0 Å². The molecule has 0 N–H and O–H groups in total. The Bertz CT molecular complexity index is 331. The first kappa shape index (κ1) is 7.35. The van der Waals surface area contributed by atoms with Crippen molar-refractivity contribution in [3.63, 3.8) is 0 Å². The monoisotopic (exact) mass is 162 g/mol. The highest BCUT2D eigenvalue weighted by Gasteiger charge is 2.21. The molecule has 1 aromatic heterocycles. The van der Waals surface area contributed by atoms with Crippen LogP contribution in [-0.2, 0) is 4.79 Å². The van der Waals surface area contributed by atoms with Gasteiger partial charge in [-0.1, -0.05) is 0 Å². The molecular weight excluding hydrogens is 152 g/mol. The Morgan fingerprint density at radius 3 is 2.75 bits per heavy atom. The molecule has 0 aliphatic heterocycles. The number of carbonyl (C=O) groups excluding carboxylic acids is 1. The first-order valence-electron chi connectivity index (χ1n) is 4.06. The average molecular weight is 162 g/mol. The third kappa shape index (κ3) is 0.998. The van der Waals surface area contributed by atoms with Crippen LogP contribution in [0.4, 0.5) is 0 Å². The molecule has 0 aromatic carbocycles. The number of hydrogen-bond donors (Lipinski definition) is 0. The quantitative estimate of drug-likeness (QED) is 0.634. The average Bonchev–Trinajstić information content (AvgIpc) is 2.64. The first-order valence-corrected chi connectivity index (χ1v) is 4.06. The van der Waals surface area contributed by atoms with E-state index in [0.29, 0.717) is 6.42 Å². The Hall–Kier alpha value is -1.31. The highest BCUT2D eigenvalue weighted by atomic mass is 16.3. The van der Waals surface area contributed by atoms with Gasteiger partial charge in [-0.15, -0.1) is 0 Å². The number of hydrogen-bond acceptors (Lipinski definition) is 2. The summed E-state index contributed by atoms with van der Waals surface area (Å²) in [5, 5.41) is 0. The van der Waals surface area contributed by atoms with Gasteiger partial charge in [-0.3, -0.25) is 4.79 Å². The van der Waals surface area contributed by atoms with E-state index in [-0.39, 0.29) is 5.78 Å². The molecule has 0 fully saturated rings. The van der Waals surface area contributed by atoms with Gasteiger partial charge in [0.2, 0.25) is 0 Å². The second kappa shape index (κ2) is 2.63. The van der Waals surface area contributed by atoms with Gasteiger partial charge in [-0.25, -0.2) is 0 Å². The van der Waals surface area contributed by atoms with Crippen molar-refractivity contribution >= 4 is 11.4 Å². The fourth-order valence-corrected chi connectivity index (χ4v) is 1.54. The van der Waals surface area contributed by atoms with Gasteiger partial charge in [0.25, 0.3) is 0 Å². The molecular formula is C10H10O2. The standard InChI is InChI=1S/C10H10O2/c1-7-8(4-5-9(7)11)10-3-2-6-12-10/h2-3,6H,4-5H2,1H3. The number of rotatable bonds is 1. The van der Waals surface area contributed by atoms with Crippen molar-refractivity contribution in [1.82, 2.24) is 0 Å². The number of furan rings is 1. The minimum absolute atomic E-state index is 0.251. The molecule has 0 amide bonds. The van der Waals surface area contributed by atoms with Gasteiger partial charge < -0.3 is 4.42 Å². The van der Waals surface area contributed by atoms with Crippen LogP contribution in [0.25, 0.3) is 5.57 Å². The highest BCUT2D eigenvalue weighted by molar-refractivity contribution is 6.06. The lowest BCUT2D eigenvalue weighted by atomic mass is 10.1.